The molecule has 2 fully saturated rings. The van der Waals surface area contributed by atoms with Gasteiger partial charge in [0.15, 0.2) is 5.82 Å². The molecule has 3 heterocycles. The predicted molar refractivity (Wildman–Crippen MR) is 141 cm³/mol. The molecule has 1 saturated carbocycles. The molecule has 1 atom stereocenters. The minimum Gasteiger partial charge on any atom is -0.367 e. The van der Waals surface area contributed by atoms with Gasteiger partial charge in [0, 0.05) is 37.3 Å². The number of aryl methyl sites for hydroxylation is 2. The van der Waals surface area contributed by atoms with E-state index >= 15 is 0 Å². The summed E-state index contributed by atoms with van der Waals surface area (Å²) in [6, 6.07) is 12.9. The van der Waals surface area contributed by atoms with Crippen molar-refractivity contribution < 1.29 is 4.39 Å². The monoisotopic (exact) mass is 501 g/mol. The average molecular weight is 502 g/mol. The zero-order valence-corrected chi connectivity index (χ0v) is 21.3. The molecule has 2 aromatic carbocycles. The van der Waals surface area contributed by atoms with Crippen molar-refractivity contribution in [1.29, 1.82) is 0 Å². The number of hydrogen-bond acceptors (Lipinski definition) is 6. The summed E-state index contributed by atoms with van der Waals surface area (Å²) >= 11 is 0. The van der Waals surface area contributed by atoms with Crippen molar-refractivity contribution in [2.24, 2.45) is 0 Å². The molecule has 9 heteroatoms. The number of aromatic amines is 1. The summed E-state index contributed by atoms with van der Waals surface area (Å²) in [5, 5.41) is 13.9. The minimum absolute atomic E-state index is 0.127. The number of rotatable bonds is 5. The van der Waals surface area contributed by atoms with Gasteiger partial charge >= 0.3 is 0 Å². The molecule has 6 rings (SSSR count). The van der Waals surface area contributed by atoms with E-state index in [1.54, 1.807) is 6.07 Å². The van der Waals surface area contributed by atoms with E-state index < -0.39 is 6.04 Å². The Kier molecular flexibility index (Phi) is 6.24. The highest BCUT2D eigenvalue weighted by atomic mass is 19.1. The highest BCUT2D eigenvalue weighted by molar-refractivity contribution is 5.81. The molecule has 2 aromatic heterocycles. The van der Waals surface area contributed by atoms with E-state index in [-0.39, 0.29) is 17.4 Å². The maximum Gasteiger partial charge on any atom is 0.253 e. The Bertz CT molecular complexity index is 1480. The van der Waals surface area contributed by atoms with Crippen molar-refractivity contribution in [2.45, 2.75) is 51.6 Å². The number of nitrogens with zero attached hydrogens (tertiary/aromatic N) is 6. The minimum atomic E-state index is -0.395. The Labute approximate surface area is 215 Å². The van der Waals surface area contributed by atoms with Gasteiger partial charge in [-0.3, -0.25) is 9.69 Å². The van der Waals surface area contributed by atoms with Crippen LogP contribution in [0.25, 0.3) is 10.9 Å². The highest BCUT2D eigenvalue weighted by Crippen LogP contribution is 2.34. The Morgan fingerprint density at radius 1 is 1.00 bits per heavy atom. The second-order valence-corrected chi connectivity index (χ2v) is 10.4. The second-order valence-electron chi connectivity index (χ2n) is 10.4. The van der Waals surface area contributed by atoms with Gasteiger partial charge in [-0.15, -0.1) is 5.10 Å². The summed E-state index contributed by atoms with van der Waals surface area (Å²) in [5.41, 5.74) is 4.28. The van der Waals surface area contributed by atoms with Gasteiger partial charge in [0.1, 0.15) is 11.9 Å². The Balaban J connectivity index is 1.41. The lowest BCUT2D eigenvalue weighted by Crippen LogP contribution is -2.49. The molecule has 0 bridgehead atoms. The summed E-state index contributed by atoms with van der Waals surface area (Å²) in [4.78, 5) is 21.0. The summed E-state index contributed by atoms with van der Waals surface area (Å²) in [7, 11) is 0. The lowest BCUT2D eigenvalue weighted by atomic mass is 10.00. The molecule has 1 saturated heterocycles. The van der Waals surface area contributed by atoms with E-state index in [0.29, 0.717) is 43.3 Å². The maximum absolute atomic E-state index is 14.5. The van der Waals surface area contributed by atoms with Gasteiger partial charge in [-0.2, -0.15) is 0 Å². The first-order valence-corrected chi connectivity index (χ1v) is 13.1. The van der Waals surface area contributed by atoms with E-state index in [1.807, 2.05) is 28.9 Å². The number of benzene rings is 2. The molecule has 0 spiro atoms. The molecule has 2 aliphatic rings. The van der Waals surface area contributed by atoms with Crippen LogP contribution in [-0.2, 0) is 0 Å². The van der Waals surface area contributed by atoms with E-state index in [2.05, 4.69) is 50.2 Å². The smallest absolute Gasteiger partial charge is 0.253 e. The van der Waals surface area contributed by atoms with Crippen LogP contribution in [0.2, 0.25) is 0 Å². The van der Waals surface area contributed by atoms with E-state index in [0.717, 1.165) is 42.1 Å². The molecule has 4 aromatic rings. The summed E-state index contributed by atoms with van der Waals surface area (Å²) < 4.78 is 16.4. The third-order valence-corrected chi connectivity index (χ3v) is 8.09. The van der Waals surface area contributed by atoms with Crippen LogP contribution in [0.5, 0.6) is 0 Å². The molecular formula is C28H32FN7O. The maximum atomic E-state index is 14.5. The third-order valence-electron chi connectivity index (χ3n) is 8.09. The quantitative estimate of drug-likeness (QED) is 0.439. The number of aromatic nitrogens is 5. The van der Waals surface area contributed by atoms with Crippen molar-refractivity contribution in [3.63, 3.8) is 0 Å². The lowest BCUT2D eigenvalue weighted by molar-refractivity contribution is 0.196. The highest BCUT2D eigenvalue weighted by Gasteiger charge is 2.35. The number of nitrogens with one attached hydrogen (secondary N) is 1. The van der Waals surface area contributed by atoms with Gasteiger partial charge in [0.2, 0.25) is 0 Å². The number of tetrazole rings is 1. The SMILES string of the molecule is Cc1cc2cc(C(c3nnnn3C3CCCC3)N3CCN(c4ccccc4F)CC3)c(=O)[nH]c2cc1C. The van der Waals surface area contributed by atoms with Crippen LogP contribution in [0.1, 0.15) is 60.3 Å². The lowest BCUT2D eigenvalue weighted by Gasteiger charge is -2.39. The molecule has 0 amide bonds. The summed E-state index contributed by atoms with van der Waals surface area (Å²) in [6.45, 7) is 6.73. The van der Waals surface area contributed by atoms with Gasteiger partial charge in [-0.25, -0.2) is 9.07 Å². The molecule has 192 valence electrons. The number of piperazine rings is 1. The first-order chi connectivity index (χ1) is 18.0. The fourth-order valence-electron chi connectivity index (χ4n) is 5.91. The number of anilines is 1. The predicted octanol–water partition coefficient (Wildman–Crippen LogP) is 4.30. The average Bonchev–Trinajstić information content (AvgIpc) is 3.59. The zero-order valence-electron chi connectivity index (χ0n) is 21.3. The van der Waals surface area contributed by atoms with Crippen LogP contribution in [0.3, 0.4) is 0 Å². The number of pyridine rings is 1. The van der Waals surface area contributed by atoms with Crippen LogP contribution in [0.15, 0.2) is 47.3 Å². The van der Waals surface area contributed by atoms with Crippen LogP contribution in [0, 0.1) is 19.7 Å². The van der Waals surface area contributed by atoms with Gasteiger partial charge in [-0.05, 0) is 84.0 Å². The fourth-order valence-corrected chi connectivity index (χ4v) is 5.91. The zero-order chi connectivity index (χ0) is 25.5. The summed E-state index contributed by atoms with van der Waals surface area (Å²) in [6.07, 6.45) is 4.40. The van der Waals surface area contributed by atoms with Crippen molar-refractivity contribution in [3.05, 3.63) is 81.2 Å². The van der Waals surface area contributed by atoms with Crippen LogP contribution in [-0.4, -0.2) is 56.3 Å². The number of H-pyrrole nitrogens is 1. The first-order valence-electron chi connectivity index (χ1n) is 13.1. The van der Waals surface area contributed by atoms with Gasteiger partial charge < -0.3 is 9.88 Å². The van der Waals surface area contributed by atoms with Gasteiger partial charge in [0.25, 0.3) is 5.56 Å². The molecule has 0 radical (unpaired) electrons. The number of fused-ring (bicyclic) bond motifs is 1. The number of hydrogen-bond donors (Lipinski definition) is 1. The van der Waals surface area contributed by atoms with Crippen LogP contribution >= 0.6 is 0 Å². The normalized spacial score (nSPS) is 18.1. The molecule has 1 N–H and O–H groups in total. The number of halogens is 1. The van der Waals surface area contributed by atoms with E-state index in [1.165, 1.54) is 11.6 Å². The van der Waals surface area contributed by atoms with Crippen molar-refractivity contribution in [3.8, 4) is 0 Å². The van der Waals surface area contributed by atoms with Crippen LogP contribution < -0.4 is 10.5 Å². The third kappa shape index (κ3) is 4.41. The van der Waals surface area contributed by atoms with Gasteiger partial charge in [-0.1, -0.05) is 25.0 Å². The van der Waals surface area contributed by atoms with Crippen molar-refractivity contribution >= 4 is 16.6 Å². The van der Waals surface area contributed by atoms with E-state index in [4.69, 9.17) is 0 Å². The second kappa shape index (κ2) is 9.70. The first kappa shape index (κ1) is 23.8. The van der Waals surface area contributed by atoms with Crippen molar-refractivity contribution in [2.75, 3.05) is 31.1 Å². The Morgan fingerprint density at radius 2 is 1.73 bits per heavy atom. The Hall–Kier alpha value is -3.59. The summed E-state index contributed by atoms with van der Waals surface area (Å²) in [5.74, 6) is 0.495. The van der Waals surface area contributed by atoms with Crippen LogP contribution in [0.4, 0.5) is 10.1 Å². The van der Waals surface area contributed by atoms with E-state index in [9.17, 15) is 9.18 Å². The topological polar surface area (TPSA) is 82.9 Å². The molecule has 1 unspecified atom stereocenters. The molecule has 37 heavy (non-hydrogen) atoms. The molecule has 1 aliphatic carbocycles. The fraction of sp³-hybridized carbons (Fsp3) is 0.429. The molecule has 1 aliphatic heterocycles. The standard InChI is InChI=1S/C28H32FN7O/c1-18-15-20-17-22(28(37)30-24(20)16-19(18)2)26(27-31-32-33-36(27)21-7-3-4-8-21)35-13-11-34(12-14-35)25-10-6-5-9-23(25)29/h5-6,9-10,15-17,21,26H,3-4,7-8,11-14H2,1-2H3,(H,30,37). The Morgan fingerprint density at radius 3 is 2.49 bits per heavy atom. The molecular weight excluding hydrogens is 469 g/mol. The van der Waals surface area contributed by atoms with Gasteiger partial charge in [0.05, 0.1) is 11.7 Å². The largest absolute Gasteiger partial charge is 0.367 e. The molecule has 8 nitrogen and oxygen atoms in total. The van der Waals surface area contributed by atoms with Crippen molar-refractivity contribution in [1.82, 2.24) is 30.1 Å². The number of para-hydroxylation sites is 1.